The van der Waals surface area contributed by atoms with Gasteiger partial charge < -0.3 is 4.90 Å². The number of non-ortho nitro benzene ring substituents is 1. The van der Waals surface area contributed by atoms with Crippen molar-refractivity contribution < 1.29 is 14.5 Å². The molecule has 0 aromatic heterocycles. The molecule has 1 aliphatic heterocycles. The van der Waals surface area contributed by atoms with Gasteiger partial charge in [0.15, 0.2) is 5.78 Å². The molecule has 0 N–H and O–H groups in total. The molecule has 144 valence electrons. The van der Waals surface area contributed by atoms with Gasteiger partial charge in [-0.05, 0) is 29.8 Å². The Bertz CT molecular complexity index is 1080. The van der Waals surface area contributed by atoms with Crippen LogP contribution >= 0.6 is 11.6 Å². The Hall–Kier alpha value is -3.51. The van der Waals surface area contributed by atoms with E-state index in [1.807, 2.05) is 6.07 Å². The first-order chi connectivity index (χ1) is 14.0. The Kier molecular flexibility index (Phi) is 4.86. The summed E-state index contributed by atoms with van der Waals surface area (Å²) >= 11 is 5.96. The molecule has 4 rings (SSSR count). The third-order valence-corrected chi connectivity index (χ3v) is 5.16. The quantitative estimate of drug-likeness (QED) is 0.266. The maximum absolute atomic E-state index is 13.1. The topological polar surface area (TPSA) is 80.3 Å². The van der Waals surface area contributed by atoms with Gasteiger partial charge in [0.1, 0.15) is 6.04 Å². The predicted molar refractivity (Wildman–Crippen MR) is 108 cm³/mol. The summed E-state index contributed by atoms with van der Waals surface area (Å²) in [5.41, 5.74) is 1.52. The standard InChI is InChI=1S/C22H15ClN2O4/c23-17-10-6-14(7-11-17)19-20(21(26)15-4-2-1-3-5-15)24(19)22(27)16-8-12-18(13-9-16)25(28)29/h1-13,19-20H. The monoisotopic (exact) mass is 406 g/mol. The molecule has 2 unspecified atom stereocenters. The number of benzene rings is 3. The summed E-state index contributed by atoms with van der Waals surface area (Å²) in [6.07, 6.45) is 0. The van der Waals surface area contributed by atoms with E-state index >= 15 is 0 Å². The van der Waals surface area contributed by atoms with E-state index in [4.69, 9.17) is 11.6 Å². The van der Waals surface area contributed by atoms with E-state index in [1.165, 1.54) is 29.2 Å². The Morgan fingerprint density at radius 1 is 0.862 bits per heavy atom. The Balaban J connectivity index is 1.66. The van der Waals surface area contributed by atoms with Gasteiger partial charge in [0.05, 0.1) is 11.0 Å². The van der Waals surface area contributed by atoms with E-state index in [1.54, 1.807) is 48.5 Å². The predicted octanol–water partition coefficient (Wildman–Crippen LogP) is 4.70. The minimum Gasteiger partial charge on any atom is -0.316 e. The number of nitro groups is 1. The highest BCUT2D eigenvalue weighted by Crippen LogP contribution is 2.46. The molecule has 0 radical (unpaired) electrons. The van der Waals surface area contributed by atoms with Gasteiger partial charge in [-0.25, -0.2) is 0 Å². The minimum absolute atomic E-state index is 0.0986. The van der Waals surface area contributed by atoms with Crippen molar-refractivity contribution in [3.05, 3.63) is 111 Å². The van der Waals surface area contributed by atoms with E-state index < -0.39 is 17.0 Å². The van der Waals surface area contributed by atoms with Gasteiger partial charge in [0.25, 0.3) is 11.6 Å². The van der Waals surface area contributed by atoms with Crippen molar-refractivity contribution in [1.82, 2.24) is 4.90 Å². The molecule has 0 aliphatic carbocycles. The lowest BCUT2D eigenvalue weighted by atomic mass is 10.0. The van der Waals surface area contributed by atoms with Crippen molar-refractivity contribution in [3.63, 3.8) is 0 Å². The molecule has 6 nitrogen and oxygen atoms in total. The van der Waals surface area contributed by atoms with Gasteiger partial charge in [-0.1, -0.05) is 54.1 Å². The van der Waals surface area contributed by atoms with Gasteiger partial charge in [-0.2, -0.15) is 0 Å². The molecule has 29 heavy (non-hydrogen) atoms. The van der Waals surface area contributed by atoms with Gasteiger partial charge >= 0.3 is 0 Å². The van der Waals surface area contributed by atoms with E-state index in [0.29, 0.717) is 10.6 Å². The molecule has 1 fully saturated rings. The molecule has 0 bridgehead atoms. The van der Waals surface area contributed by atoms with Crippen LogP contribution in [0.5, 0.6) is 0 Å². The zero-order chi connectivity index (χ0) is 20.5. The summed E-state index contributed by atoms with van der Waals surface area (Å²) < 4.78 is 0. The highest BCUT2D eigenvalue weighted by atomic mass is 35.5. The molecular weight excluding hydrogens is 392 g/mol. The Morgan fingerprint density at radius 2 is 1.48 bits per heavy atom. The normalized spacial score (nSPS) is 17.6. The van der Waals surface area contributed by atoms with Crippen LogP contribution in [0, 0.1) is 10.1 Å². The fraction of sp³-hybridized carbons (Fsp3) is 0.0909. The third-order valence-electron chi connectivity index (χ3n) is 4.91. The molecule has 0 saturated carbocycles. The van der Waals surface area contributed by atoms with Crippen molar-refractivity contribution in [1.29, 1.82) is 0 Å². The lowest BCUT2D eigenvalue weighted by Gasteiger charge is -2.05. The Morgan fingerprint density at radius 3 is 2.07 bits per heavy atom. The fourth-order valence-electron chi connectivity index (χ4n) is 3.40. The van der Waals surface area contributed by atoms with Crippen LogP contribution in [-0.2, 0) is 0 Å². The average Bonchev–Trinajstić information content (AvgIpc) is 3.49. The summed E-state index contributed by atoms with van der Waals surface area (Å²) in [6.45, 7) is 0. The minimum atomic E-state index is -0.638. The van der Waals surface area contributed by atoms with E-state index in [9.17, 15) is 19.7 Å². The average molecular weight is 407 g/mol. The maximum atomic E-state index is 13.1. The molecule has 1 saturated heterocycles. The van der Waals surface area contributed by atoms with Gasteiger partial charge in [0.2, 0.25) is 0 Å². The van der Waals surface area contributed by atoms with Crippen molar-refractivity contribution in [3.8, 4) is 0 Å². The van der Waals surface area contributed by atoms with E-state index in [0.717, 1.165) is 5.56 Å². The number of amides is 1. The number of carbonyl (C=O) groups is 2. The second-order valence-corrected chi connectivity index (χ2v) is 7.12. The number of nitro benzene ring substituents is 1. The van der Waals surface area contributed by atoms with E-state index in [2.05, 4.69) is 0 Å². The number of hydrogen-bond donors (Lipinski definition) is 0. The van der Waals surface area contributed by atoms with Crippen LogP contribution in [0.15, 0.2) is 78.9 Å². The van der Waals surface area contributed by atoms with Crippen LogP contribution in [0.2, 0.25) is 5.02 Å². The lowest BCUT2D eigenvalue weighted by molar-refractivity contribution is -0.384. The first kappa shape index (κ1) is 18.8. The molecule has 1 aliphatic rings. The second-order valence-electron chi connectivity index (χ2n) is 6.69. The third kappa shape index (κ3) is 3.62. The largest absolute Gasteiger partial charge is 0.316 e. The number of nitrogens with zero attached hydrogens (tertiary/aromatic N) is 2. The van der Waals surface area contributed by atoms with Crippen LogP contribution < -0.4 is 0 Å². The number of ketones is 1. The van der Waals surface area contributed by atoms with Crippen molar-refractivity contribution in [2.45, 2.75) is 12.1 Å². The smallest absolute Gasteiger partial charge is 0.269 e. The van der Waals surface area contributed by atoms with Crippen molar-refractivity contribution in [2.24, 2.45) is 0 Å². The summed E-state index contributed by atoms with van der Waals surface area (Å²) in [6, 6.07) is 20.1. The number of Topliss-reactive ketones (excluding diaryl/α,β-unsaturated/α-hetero) is 1. The van der Waals surface area contributed by atoms with Crippen LogP contribution in [0.1, 0.15) is 32.3 Å². The van der Waals surface area contributed by atoms with Crippen LogP contribution in [0.3, 0.4) is 0 Å². The Labute approximate surface area is 171 Å². The van der Waals surface area contributed by atoms with Crippen LogP contribution in [0.25, 0.3) is 0 Å². The van der Waals surface area contributed by atoms with Crippen LogP contribution in [0.4, 0.5) is 5.69 Å². The molecule has 3 aromatic rings. The number of hydrogen-bond acceptors (Lipinski definition) is 4. The summed E-state index contributed by atoms with van der Waals surface area (Å²) in [5.74, 6) is -0.505. The first-order valence-electron chi connectivity index (χ1n) is 8.89. The SMILES string of the molecule is O=C(c1ccccc1)C1C(c2ccc(Cl)cc2)N1C(=O)c1ccc([N+](=O)[O-])cc1. The van der Waals surface area contributed by atoms with Crippen molar-refractivity contribution >= 4 is 29.0 Å². The van der Waals surface area contributed by atoms with Gasteiger partial charge in [-0.3, -0.25) is 19.7 Å². The number of carbonyl (C=O) groups excluding carboxylic acids is 2. The molecule has 3 aromatic carbocycles. The molecule has 0 spiro atoms. The highest BCUT2D eigenvalue weighted by Gasteiger charge is 2.56. The highest BCUT2D eigenvalue weighted by molar-refractivity contribution is 6.30. The van der Waals surface area contributed by atoms with Crippen LogP contribution in [-0.4, -0.2) is 27.6 Å². The fourth-order valence-corrected chi connectivity index (χ4v) is 3.53. The molecule has 2 atom stereocenters. The van der Waals surface area contributed by atoms with Gasteiger partial charge in [-0.15, -0.1) is 0 Å². The molecular formula is C22H15ClN2O4. The molecule has 1 amide bonds. The second kappa shape index (κ2) is 7.48. The first-order valence-corrected chi connectivity index (χ1v) is 9.27. The van der Waals surface area contributed by atoms with E-state index in [-0.39, 0.29) is 22.9 Å². The number of rotatable bonds is 5. The summed E-state index contributed by atoms with van der Waals surface area (Å²) in [4.78, 5) is 37.9. The molecule has 1 heterocycles. The number of halogens is 1. The summed E-state index contributed by atoms with van der Waals surface area (Å²) in [5, 5.41) is 11.4. The summed E-state index contributed by atoms with van der Waals surface area (Å²) in [7, 11) is 0. The zero-order valence-electron chi connectivity index (χ0n) is 15.1. The van der Waals surface area contributed by atoms with Crippen molar-refractivity contribution in [2.75, 3.05) is 0 Å². The maximum Gasteiger partial charge on any atom is 0.269 e. The molecule has 7 heteroatoms. The zero-order valence-corrected chi connectivity index (χ0v) is 15.8. The lowest BCUT2D eigenvalue weighted by Crippen LogP contribution is -2.19. The van der Waals surface area contributed by atoms with Gasteiger partial charge in [0, 0.05) is 28.3 Å².